The Balaban J connectivity index is 1.82. The van der Waals surface area contributed by atoms with E-state index in [0.29, 0.717) is 5.92 Å². The Morgan fingerprint density at radius 1 is 1.12 bits per heavy atom. The molecule has 0 aliphatic heterocycles. The molecule has 0 aromatic heterocycles. The normalized spacial score (nSPS) is 38.3. The van der Waals surface area contributed by atoms with E-state index < -0.39 is 0 Å². The Morgan fingerprint density at radius 3 is 2.79 bits per heavy atom. The molecule has 0 amide bonds. The minimum absolute atomic E-state index is 0.0705. The fraction of sp³-hybridized carbons (Fsp3) is 0.727. The first-order valence-electron chi connectivity index (χ1n) is 10.1. The van der Waals surface area contributed by atoms with Gasteiger partial charge in [0.1, 0.15) is 5.76 Å². The van der Waals surface area contributed by atoms with Crippen LogP contribution in [0.4, 0.5) is 0 Å². The first-order valence-corrected chi connectivity index (χ1v) is 10.1. The third kappa shape index (κ3) is 2.11. The van der Waals surface area contributed by atoms with Gasteiger partial charge in [0.05, 0.1) is 17.6 Å². The van der Waals surface area contributed by atoms with Crippen molar-refractivity contribution in [1.29, 1.82) is 0 Å². The van der Waals surface area contributed by atoms with E-state index in [1.54, 1.807) is 11.1 Å². The van der Waals surface area contributed by atoms with Gasteiger partial charge in [0.2, 0.25) is 0 Å². The smallest absolute Gasteiger partial charge is 0.104 e. The number of nitrogens with zero attached hydrogens (tertiary/aromatic N) is 1. The summed E-state index contributed by atoms with van der Waals surface area (Å²) >= 11 is 0. The lowest BCUT2D eigenvalue weighted by Crippen LogP contribution is -2.49. The van der Waals surface area contributed by atoms with Crippen molar-refractivity contribution in [3.8, 4) is 0 Å². The molecule has 2 heteroatoms. The standard InChI is InChI=1S/C22H33NO/c1-4-24-20-16-22(23(2)3)18(17-11-7-5-6-8-12-17)15-21(20)14-10-9-13-19(21)22/h11,15-16,19H,4-10,12-14H2,1-3H3/t19-,21-,22-/m1/s1. The molecule has 3 atom stereocenters. The van der Waals surface area contributed by atoms with Crippen LogP contribution in [0.5, 0.6) is 0 Å². The summed E-state index contributed by atoms with van der Waals surface area (Å²) in [6.45, 7) is 2.91. The maximum Gasteiger partial charge on any atom is 0.104 e. The molecular formula is C22H33NO. The Morgan fingerprint density at radius 2 is 2.00 bits per heavy atom. The summed E-state index contributed by atoms with van der Waals surface area (Å²) < 4.78 is 6.20. The van der Waals surface area contributed by atoms with Gasteiger partial charge in [-0.05, 0) is 76.8 Å². The van der Waals surface area contributed by atoms with Crippen molar-refractivity contribution >= 4 is 0 Å². The molecule has 0 aromatic rings. The maximum atomic E-state index is 6.20. The van der Waals surface area contributed by atoms with Crippen molar-refractivity contribution in [3.63, 3.8) is 0 Å². The van der Waals surface area contributed by atoms with E-state index in [-0.39, 0.29) is 11.0 Å². The lowest BCUT2D eigenvalue weighted by molar-refractivity contribution is 0.0722. The van der Waals surface area contributed by atoms with Crippen molar-refractivity contribution in [3.05, 3.63) is 35.1 Å². The first-order chi connectivity index (χ1) is 11.6. The van der Waals surface area contributed by atoms with Crippen molar-refractivity contribution < 1.29 is 4.74 Å². The van der Waals surface area contributed by atoms with Gasteiger partial charge in [0.25, 0.3) is 0 Å². The van der Waals surface area contributed by atoms with Crippen LogP contribution in [0.15, 0.2) is 35.1 Å². The summed E-state index contributed by atoms with van der Waals surface area (Å²) in [5.41, 5.74) is 3.52. The second-order valence-electron chi connectivity index (χ2n) is 8.39. The highest BCUT2D eigenvalue weighted by atomic mass is 16.5. The Labute approximate surface area is 147 Å². The molecule has 4 aliphatic carbocycles. The molecule has 0 radical (unpaired) electrons. The Kier molecular flexibility index (Phi) is 4.15. The minimum atomic E-state index is 0.0705. The zero-order chi connectivity index (χ0) is 16.8. The predicted octanol–water partition coefficient (Wildman–Crippen LogP) is 5.23. The van der Waals surface area contributed by atoms with Crippen molar-refractivity contribution in [2.75, 3.05) is 20.7 Å². The first kappa shape index (κ1) is 16.4. The molecule has 2 nitrogen and oxygen atoms in total. The quantitative estimate of drug-likeness (QED) is 0.701. The molecule has 1 fully saturated rings. The maximum absolute atomic E-state index is 6.20. The van der Waals surface area contributed by atoms with Crippen molar-refractivity contribution in [2.45, 2.75) is 70.3 Å². The van der Waals surface area contributed by atoms with E-state index in [4.69, 9.17) is 4.74 Å². The third-order valence-corrected chi connectivity index (χ3v) is 7.06. The Hall–Kier alpha value is -1.02. The molecule has 0 spiro atoms. The summed E-state index contributed by atoms with van der Waals surface area (Å²) in [6.07, 6.45) is 19.7. The van der Waals surface area contributed by atoms with E-state index in [9.17, 15) is 0 Å². The number of ether oxygens (including phenoxy) is 1. The lowest BCUT2D eigenvalue weighted by Gasteiger charge is -2.44. The predicted molar refractivity (Wildman–Crippen MR) is 99.8 cm³/mol. The largest absolute Gasteiger partial charge is 0.498 e. The zero-order valence-corrected chi connectivity index (χ0v) is 15.7. The summed E-state index contributed by atoms with van der Waals surface area (Å²) in [4.78, 5) is 2.49. The van der Waals surface area contributed by atoms with Crippen LogP contribution >= 0.6 is 0 Å². The van der Waals surface area contributed by atoms with Crippen LogP contribution in [0.25, 0.3) is 0 Å². The average molecular weight is 328 g/mol. The highest BCUT2D eigenvalue weighted by molar-refractivity contribution is 5.59. The Bertz CT molecular complexity index is 599. The zero-order valence-electron chi connectivity index (χ0n) is 15.7. The topological polar surface area (TPSA) is 12.5 Å². The highest BCUT2D eigenvalue weighted by Gasteiger charge is 2.65. The van der Waals surface area contributed by atoms with Gasteiger partial charge in [0.15, 0.2) is 0 Å². The highest BCUT2D eigenvalue weighted by Crippen LogP contribution is 2.67. The lowest BCUT2D eigenvalue weighted by atomic mass is 9.66. The number of rotatable bonds is 4. The van der Waals surface area contributed by atoms with Gasteiger partial charge in [-0.1, -0.05) is 31.4 Å². The number of hydrogen-bond acceptors (Lipinski definition) is 2. The molecule has 0 unspecified atom stereocenters. The van der Waals surface area contributed by atoms with Crippen LogP contribution in [0, 0.1) is 11.3 Å². The summed E-state index contributed by atoms with van der Waals surface area (Å²) in [5, 5.41) is 0. The second kappa shape index (κ2) is 6.05. The molecule has 0 N–H and O–H groups in total. The fourth-order valence-corrected chi connectivity index (χ4v) is 6.05. The fourth-order valence-electron chi connectivity index (χ4n) is 6.05. The van der Waals surface area contributed by atoms with Crippen LogP contribution in [0.1, 0.15) is 64.7 Å². The monoisotopic (exact) mass is 327 g/mol. The van der Waals surface area contributed by atoms with Gasteiger partial charge in [0, 0.05) is 5.92 Å². The number of hydrogen-bond donors (Lipinski definition) is 0. The van der Waals surface area contributed by atoms with Gasteiger partial charge in [-0.15, -0.1) is 0 Å². The SMILES string of the molecule is CCOC1=C[C@@]2(N(C)C)C(C3=CCCCCC3)=C[C@@]13CCCC[C@H]32. The van der Waals surface area contributed by atoms with E-state index >= 15 is 0 Å². The van der Waals surface area contributed by atoms with E-state index in [0.717, 1.165) is 6.61 Å². The van der Waals surface area contributed by atoms with Crippen molar-refractivity contribution in [2.24, 2.45) is 11.3 Å². The minimum Gasteiger partial charge on any atom is -0.498 e. The number of allylic oxidation sites excluding steroid dienone is 2. The molecule has 0 saturated heterocycles. The summed E-state index contributed by atoms with van der Waals surface area (Å²) in [6, 6.07) is 0. The molecule has 24 heavy (non-hydrogen) atoms. The van der Waals surface area contributed by atoms with E-state index in [1.807, 2.05) is 0 Å². The van der Waals surface area contributed by atoms with Gasteiger partial charge in [-0.25, -0.2) is 0 Å². The molecule has 4 rings (SSSR count). The number of likely N-dealkylation sites (N-methyl/N-ethyl adjacent to an activating group) is 1. The van der Waals surface area contributed by atoms with Crippen LogP contribution in [0.2, 0.25) is 0 Å². The van der Waals surface area contributed by atoms with Gasteiger partial charge < -0.3 is 4.74 Å². The molecule has 0 aromatic carbocycles. The average Bonchev–Trinajstić information content (AvgIpc) is 2.86. The van der Waals surface area contributed by atoms with Gasteiger partial charge in [-0.2, -0.15) is 0 Å². The molecule has 4 aliphatic rings. The van der Waals surface area contributed by atoms with Gasteiger partial charge in [-0.3, -0.25) is 4.90 Å². The van der Waals surface area contributed by atoms with E-state index in [1.165, 1.54) is 63.5 Å². The van der Waals surface area contributed by atoms with Crippen LogP contribution in [0.3, 0.4) is 0 Å². The van der Waals surface area contributed by atoms with Crippen LogP contribution < -0.4 is 0 Å². The molecular weight excluding hydrogens is 294 g/mol. The van der Waals surface area contributed by atoms with Gasteiger partial charge >= 0.3 is 0 Å². The van der Waals surface area contributed by atoms with Crippen molar-refractivity contribution in [1.82, 2.24) is 4.90 Å². The molecule has 132 valence electrons. The van der Waals surface area contributed by atoms with E-state index in [2.05, 4.69) is 44.1 Å². The molecule has 1 saturated carbocycles. The summed E-state index contributed by atoms with van der Waals surface area (Å²) in [5.74, 6) is 1.95. The third-order valence-electron chi connectivity index (χ3n) is 7.06. The van der Waals surface area contributed by atoms with Crippen LogP contribution in [-0.4, -0.2) is 31.1 Å². The second-order valence-corrected chi connectivity index (χ2v) is 8.39. The van der Waals surface area contributed by atoms with Crippen LogP contribution in [-0.2, 0) is 4.74 Å². The summed E-state index contributed by atoms with van der Waals surface area (Å²) in [7, 11) is 4.56. The molecule has 2 bridgehead atoms. The molecule has 0 heterocycles.